The minimum Gasteiger partial charge on any atom is -0.493 e. The first kappa shape index (κ1) is 27.5. The van der Waals surface area contributed by atoms with E-state index in [-0.39, 0.29) is 23.4 Å². The third-order valence-corrected chi connectivity index (χ3v) is 9.82. The molecule has 1 spiro atoms. The topological polar surface area (TPSA) is 96.3 Å². The van der Waals surface area contributed by atoms with E-state index in [2.05, 4.69) is 18.0 Å². The molecule has 4 unspecified atom stereocenters. The molecule has 2 fully saturated rings. The van der Waals surface area contributed by atoms with Crippen LogP contribution in [0.5, 0.6) is 11.5 Å². The van der Waals surface area contributed by atoms with E-state index in [4.69, 9.17) is 14.6 Å². The summed E-state index contributed by atoms with van der Waals surface area (Å²) in [4.78, 5) is 25.7. The van der Waals surface area contributed by atoms with Crippen molar-refractivity contribution in [3.05, 3.63) is 94.5 Å². The number of carbonyl (C=O) groups excluding carboxylic acids is 1. The number of aliphatic hydroxyl groups excluding tert-OH is 1. The fourth-order valence-corrected chi connectivity index (χ4v) is 7.71. The molecule has 0 aromatic heterocycles. The lowest BCUT2D eigenvalue weighted by atomic mass is 9.51. The predicted molar refractivity (Wildman–Crippen MR) is 155 cm³/mol. The van der Waals surface area contributed by atoms with E-state index >= 15 is 0 Å². The summed E-state index contributed by atoms with van der Waals surface area (Å²) in [6.45, 7) is 2.69. The molecule has 2 N–H and O–H groups in total. The average Bonchev–Trinajstić information content (AvgIpc) is 3.36. The molecular formula is C34H37NO6. The predicted octanol–water partition coefficient (Wildman–Crippen LogP) is 4.83. The van der Waals surface area contributed by atoms with Gasteiger partial charge in [-0.25, -0.2) is 0 Å². The lowest BCUT2D eigenvalue weighted by Gasteiger charge is -2.58. The molecule has 3 aromatic carbocycles. The van der Waals surface area contributed by atoms with Gasteiger partial charge in [-0.05, 0) is 75.4 Å². The molecule has 41 heavy (non-hydrogen) atoms. The van der Waals surface area contributed by atoms with Gasteiger partial charge in [0.25, 0.3) is 0 Å². The smallest absolute Gasteiger partial charge is 0.310 e. The number of likely N-dealkylation sites (tertiary alicyclic amines) is 1. The molecule has 214 valence electrons. The van der Waals surface area contributed by atoms with Crippen LogP contribution in [0.25, 0.3) is 0 Å². The first-order chi connectivity index (χ1) is 19.8. The van der Waals surface area contributed by atoms with Gasteiger partial charge >= 0.3 is 5.97 Å². The Labute approximate surface area is 240 Å². The van der Waals surface area contributed by atoms with Gasteiger partial charge in [0.05, 0.1) is 19.1 Å². The van der Waals surface area contributed by atoms with E-state index in [1.54, 1.807) is 62.6 Å². The molecule has 6 atom stereocenters. The lowest BCUT2D eigenvalue weighted by Crippen LogP contribution is -2.66. The van der Waals surface area contributed by atoms with E-state index in [0.29, 0.717) is 28.7 Å². The normalized spacial score (nSPS) is 27.9. The van der Waals surface area contributed by atoms with Crippen LogP contribution in [0.4, 0.5) is 0 Å². The van der Waals surface area contributed by atoms with Crippen molar-refractivity contribution in [2.45, 2.75) is 62.2 Å². The Kier molecular flexibility index (Phi) is 7.12. The first-order valence-corrected chi connectivity index (χ1v) is 14.4. The lowest BCUT2D eigenvalue weighted by molar-refractivity contribution is -0.138. The zero-order chi connectivity index (χ0) is 28.9. The fourth-order valence-electron chi connectivity index (χ4n) is 7.71. The average molecular weight is 556 g/mol. The maximum atomic E-state index is 12.2. The number of rotatable bonds is 5. The summed E-state index contributed by atoms with van der Waals surface area (Å²) in [5.41, 5.74) is 4.52. The number of likely N-dealkylation sites (N-methyl/N-ethyl adjacent to an activating group) is 1. The molecule has 0 radical (unpaired) electrons. The Balaban J connectivity index is 0.000000150. The number of aliphatic carboxylic acids is 1. The van der Waals surface area contributed by atoms with Crippen LogP contribution < -0.4 is 9.47 Å². The molecule has 0 amide bonds. The molecular weight excluding hydrogens is 518 g/mol. The zero-order valence-electron chi connectivity index (χ0n) is 23.7. The van der Waals surface area contributed by atoms with Gasteiger partial charge in [-0.1, -0.05) is 54.6 Å². The number of carboxylic acid groups (broad SMARTS) is 1. The number of ether oxygens (including phenoxy) is 2. The number of piperidine rings is 1. The number of benzene rings is 3. The van der Waals surface area contributed by atoms with Gasteiger partial charge in [0.1, 0.15) is 6.10 Å². The number of hydrogen-bond acceptors (Lipinski definition) is 6. The summed E-state index contributed by atoms with van der Waals surface area (Å²) in [5.74, 6) is 0.721. The Morgan fingerprint density at radius 2 is 1.80 bits per heavy atom. The molecule has 1 saturated heterocycles. The van der Waals surface area contributed by atoms with Gasteiger partial charge in [-0.3, -0.25) is 9.59 Å². The van der Waals surface area contributed by atoms with Crippen molar-refractivity contribution < 1.29 is 29.3 Å². The van der Waals surface area contributed by atoms with Crippen molar-refractivity contribution in [2.24, 2.45) is 5.92 Å². The fraction of sp³-hybridized carbons (Fsp3) is 0.412. The number of carboxylic acids is 1. The molecule has 7 heteroatoms. The van der Waals surface area contributed by atoms with Crippen molar-refractivity contribution in [3.8, 4) is 11.5 Å². The van der Waals surface area contributed by atoms with Crippen LogP contribution in [0, 0.1) is 5.92 Å². The van der Waals surface area contributed by atoms with Crippen molar-refractivity contribution in [1.29, 1.82) is 0 Å². The highest BCUT2D eigenvalue weighted by atomic mass is 16.5. The van der Waals surface area contributed by atoms with Crippen LogP contribution >= 0.6 is 0 Å². The van der Waals surface area contributed by atoms with Crippen molar-refractivity contribution in [2.75, 3.05) is 20.7 Å². The Bertz CT molecular complexity index is 1470. The number of carbonyl (C=O) groups is 2. The Morgan fingerprint density at radius 1 is 1.05 bits per heavy atom. The summed E-state index contributed by atoms with van der Waals surface area (Å²) < 4.78 is 11.9. The van der Waals surface area contributed by atoms with Gasteiger partial charge < -0.3 is 24.6 Å². The SMILES string of the molecule is CC(C(=O)O)c1cccc(C(=O)c2ccccc2)c1.COc1ccc2c3c1OC1[C@@H](O)CCC4C(C2)N(C)CC[C@@]341. The van der Waals surface area contributed by atoms with Crippen LogP contribution in [0.1, 0.15) is 64.7 Å². The quantitative estimate of drug-likeness (QED) is 0.436. The zero-order valence-corrected chi connectivity index (χ0v) is 23.7. The highest BCUT2D eigenvalue weighted by molar-refractivity contribution is 6.09. The van der Waals surface area contributed by atoms with E-state index in [1.165, 1.54) is 11.1 Å². The molecule has 1 saturated carbocycles. The maximum absolute atomic E-state index is 12.2. The first-order valence-electron chi connectivity index (χ1n) is 14.4. The third-order valence-electron chi connectivity index (χ3n) is 9.82. The van der Waals surface area contributed by atoms with Crippen LogP contribution in [-0.2, 0) is 16.6 Å². The minimum absolute atomic E-state index is 0.00625. The van der Waals surface area contributed by atoms with Gasteiger partial charge in [-0.2, -0.15) is 0 Å². The molecule has 2 aliphatic heterocycles. The maximum Gasteiger partial charge on any atom is 0.310 e. The van der Waals surface area contributed by atoms with Crippen molar-refractivity contribution in [3.63, 3.8) is 0 Å². The molecule has 4 aliphatic rings. The van der Waals surface area contributed by atoms with Crippen molar-refractivity contribution >= 4 is 11.8 Å². The number of methoxy groups -OCH3 is 1. The summed E-state index contributed by atoms with van der Waals surface area (Å²) in [6, 6.07) is 20.6. The van der Waals surface area contributed by atoms with Crippen LogP contribution in [0.2, 0.25) is 0 Å². The van der Waals surface area contributed by atoms with E-state index in [0.717, 1.165) is 43.7 Å². The van der Waals surface area contributed by atoms with Crippen LogP contribution in [0.15, 0.2) is 66.7 Å². The molecule has 2 bridgehead atoms. The summed E-state index contributed by atoms with van der Waals surface area (Å²) in [7, 11) is 3.96. The number of nitrogens with zero attached hydrogens (tertiary/aromatic N) is 1. The largest absolute Gasteiger partial charge is 0.493 e. The highest BCUT2D eigenvalue weighted by Crippen LogP contribution is 2.63. The standard InChI is InChI=1S/C18H23NO3.C16H14O3/c1-19-8-7-18-11-4-5-13(20)17(18)22-16-14(21-2)6-3-10(15(16)18)9-12(11)19;1-11(16(18)19)13-8-5-9-14(10-13)15(17)12-6-3-2-4-7-12/h3,6,11-13,17,20H,4-5,7-9H2,1-2H3;2-11H,1H3,(H,18,19)/t11?,12?,13-,17?,18-;/m0./s1. The van der Waals surface area contributed by atoms with Gasteiger partial charge in [0, 0.05) is 28.1 Å². The second-order valence-corrected chi connectivity index (χ2v) is 11.8. The minimum atomic E-state index is -0.899. The molecule has 2 aliphatic carbocycles. The summed E-state index contributed by atoms with van der Waals surface area (Å²) in [6.07, 6.45) is 3.69. The van der Waals surface area contributed by atoms with Crippen LogP contribution in [0.3, 0.4) is 0 Å². The van der Waals surface area contributed by atoms with Gasteiger partial charge in [-0.15, -0.1) is 0 Å². The highest BCUT2D eigenvalue weighted by Gasteiger charge is 2.65. The third kappa shape index (κ3) is 4.43. The Hall–Kier alpha value is -3.68. The van der Waals surface area contributed by atoms with E-state index in [9.17, 15) is 14.7 Å². The number of hydrogen-bond donors (Lipinski definition) is 2. The van der Waals surface area contributed by atoms with Gasteiger partial charge in [0.2, 0.25) is 0 Å². The van der Waals surface area contributed by atoms with E-state index < -0.39 is 11.9 Å². The number of aliphatic hydroxyl groups is 1. The van der Waals surface area contributed by atoms with Gasteiger partial charge in [0.15, 0.2) is 17.3 Å². The molecule has 2 heterocycles. The van der Waals surface area contributed by atoms with Crippen molar-refractivity contribution in [1.82, 2.24) is 4.90 Å². The Morgan fingerprint density at radius 3 is 2.54 bits per heavy atom. The monoisotopic (exact) mass is 555 g/mol. The second kappa shape index (κ2) is 10.6. The van der Waals surface area contributed by atoms with E-state index in [1.807, 2.05) is 12.1 Å². The second-order valence-electron chi connectivity index (χ2n) is 11.8. The number of ketones is 1. The molecule has 3 aromatic rings. The molecule has 7 rings (SSSR count). The molecule has 7 nitrogen and oxygen atoms in total. The summed E-state index contributed by atoms with van der Waals surface area (Å²) >= 11 is 0. The summed E-state index contributed by atoms with van der Waals surface area (Å²) in [5, 5.41) is 19.6. The van der Waals surface area contributed by atoms with Crippen LogP contribution in [-0.4, -0.2) is 65.8 Å².